The van der Waals surface area contributed by atoms with Crippen LogP contribution in [0.1, 0.15) is 53.4 Å². The van der Waals surface area contributed by atoms with Crippen molar-refractivity contribution in [3.63, 3.8) is 0 Å². The third-order valence-electron chi connectivity index (χ3n) is 3.20. The zero-order valence-corrected chi connectivity index (χ0v) is 15.9. The molecule has 0 bridgehead atoms. The summed E-state index contributed by atoms with van der Waals surface area (Å²) < 4.78 is 22.6. The molecule has 0 saturated heterocycles. The van der Waals surface area contributed by atoms with Gasteiger partial charge in [0.15, 0.2) is 0 Å². The van der Waals surface area contributed by atoms with Gasteiger partial charge in [-0.1, -0.05) is 26.7 Å². The number of esters is 2. The first-order valence-corrected chi connectivity index (χ1v) is 10.3. The van der Waals surface area contributed by atoms with Crippen LogP contribution >= 0.6 is 7.44 Å². The normalized spacial score (nSPS) is 14.0. The van der Waals surface area contributed by atoms with Gasteiger partial charge in [0.1, 0.15) is 18.4 Å². The summed E-state index contributed by atoms with van der Waals surface area (Å²) in [6, 6.07) is -1.76. The van der Waals surface area contributed by atoms with Crippen LogP contribution in [0.5, 0.6) is 0 Å². The summed E-state index contributed by atoms with van der Waals surface area (Å²) in [7, 11) is -3.54. The van der Waals surface area contributed by atoms with Crippen LogP contribution in [0, 0.1) is 0 Å². The Balaban J connectivity index is 4.52. The fourth-order valence-corrected chi connectivity index (χ4v) is 3.43. The van der Waals surface area contributed by atoms with Gasteiger partial charge in [0.2, 0.25) is 7.44 Å². The van der Waals surface area contributed by atoms with Gasteiger partial charge in [0.05, 0.1) is 13.2 Å². The van der Waals surface area contributed by atoms with Crippen LogP contribution in [0.25, 0.3) is 0 Å². The minimum Gasteiger partial charge on any atom is -0.465 e. The molecule has 3 N–H and O–H groups in total. The van der Waals surface area contributed by atoms with Gasteiger partial charge in [-0.05, 0) is 26.7 Å². The minimum absolute atomic E-state index is 0.290. The molecule has 0 aliphatic rings. The maximum Gasteiger partial charge on any atom is 0.323 e. The van der Waals surface area contributed by atoms with Crippen molar-refractivity contribution in [1.29, 1.82) is 0 Å². The number of carbonyl (C=O) groups is 2. The van der Waals surface area contributed by atoms with Crippen molar-refractivity contribution >= 4 is 19.4 Å². The van der Waals surface area contributed by atoms with Gasteiger partial charge in [-0.25, -0.2) is 10.2 Å². The number of carbonyl (C=O) groups excluding carboxylic acids is 2. The lowest BCUT2D eigenvalue weighted by Gasteiger charge is -2.24. The van der Waals surface area contributed by atoms with Gasteiger partial charge >= 0.3 is 11.9 Å². The maximum atomic E-state index is 12.6. The molecule has 9 heteroatoms. The molecule has 0 saturated carbocycles. The molecule has 0 rings (SSSR count). The Morgan fingerprint density at radius 1 is 0.958 bits per heavy atom. The van der Waals surface area contributed by atoms with Crippen molar-refractivity contribution in [3.05, 3.63) is 0 Å². The first kappa shape index (κ1) is 23.1. The molecular weight excluding hydrogens is 335 g/mol. The van der Waals surface area contributed by atoms with Crippen molar-refractivity contribution in [2.45, 2.75) is 65.5 Å². The van der Waals surface area contributed by atoms with Crippen LogP contribution in [-0.2, 0) is 23.6 Å². The van der Waals surface area contributed by atoms with E-state index >= 15 is 0 Å². The molecule has 0 unspecified atom stereocenters. The molecule has 8 nitrogen and oxygen atoms in total. The minimum atomic E-state index is -3.54. The number of hydrogen-bond acceptors (Lipinski definition) is 6. The molecule has 24 heavy (non-hydrogen) atoms. The summed E-state index contributed by atoms with van der Waals surface area (Å²) in [5, 5.41) is 14.5. The van der Waals surface area contributed by atoms with E-state index in [0.29, 0.717) is 13.2 Å². The third kappa shape index (κ3) is 9.37. The van der Waals surface area contributed by atoms with Crippen LogP contribution < -0.4 is 10.2 Å². The van der Waals surface area contributed by atoms with Crippen LogP contribution in [0.3, 0.4) is 0 Å². The van der Waals surface area contributed by atoms with Crippen molar-refractivity contribution in [2.24, 2.45) is 0 Å². The molecule has 0 aromatic heterocycles. The van der Waals surface area contributed by atoms with Crippen molar-refractivity contribution in [3.8, 4) is 0 Å². The van der Waals surface area contributed by atoms with Gasteiger partial charge in [0.25, 0.3) is 0 Å². The number of rotatable bonds is 13. The van der Waals surface area contributed by atoms with E-state index in [9.17, 15) is 19.3 Å². The standard InChI is InChI=1S/C15H31N2O6P/c1-5-7-9-22-14(19)12(3)16-24(21,11-18)17-13(4)15(20)23-10-8-6-2/h12-13,18H,5-11H2,1-4H3,(H2,16,17,21)/t12-,13-/m0/s1. The Bertz CT molecular complexity index is 398. The maximum absolute atomic E-state index is 12.6. The zero-order valence-electron chi connectivity index (χ0n) is 15.0. The number of aliphatic hydroxyl groups excluding tert-OH is 1. The van der Waals surface area contributed by atoms with Gasteiger partial charge < -0.3 is 14.6 Å². The fraction of sp³-hybridized carbons (Fsp3) is 0.867. The second-order valence-electron chi connectivity index (χ2n) is 5.62. The quantitative estimate of drug-likeness (QED) is 0.257. The van der Waals surface area contributed by atoms with E-state index in [2.05, 4.69) is 10.2 Å². The van der Waals surface area contributed by atoms with E-state index in [-0.39, 0.29) is 0 Å². The highest BCUT2D eigenvalue weighted by atomic mass is 31.2. The lowest BCUT2D eigenvalue weighted by molar-refractivity contribution is -0.145. The summed E-state index contributed by atoms with van der Waals surface area (Å²) in [5.41, 5.74) is 0. The summed E-state index contributed by atoms with van der Waals surface area (Å²) in [5.74, 6) is -1.12. The lowest BCUT2D eigenvalue weighted by atomic mass is 10.3. The summed E-state index contributed by atoms with van der Waals surface area (Å²) in [6.45, 7) is 7.50. The lowest BCUT2D eigenvalue weighted by Crippen LogP contribution is -2.42. The topological polar surface area (TPSA) is 114 Å². The number of unbranched alkanes of at least 4 members (excludes halogenated alkanes) is 2. The van der Waals surface area contributed by atoms with Crippen molar-refractivity contribution < 1.29 is 28.7 Å². The molecule has 0 aromatic rings. The second-order valence-corrected chi connectivity index (χ2v) is 7.90. The average molecular weight is 366 g/mol. The van der Waals surface area contributed by atoms with Gasteiger partial charge in [0, 0.05) is 0 Å². The van der Waals surface area contributed by atoms with Crippen LogP contribution in [0.2, 0.25) is 0 Å². The molecule has 0 aliphatic heterocycles. The number of nitrogens with one attached hydrogen (secondary N) is 2. The predicted molar refractivity (Wildman–Crippen MR) is 91.6 cm³/mol. The molecule has 0 spiro atoms. The van der Waals surface area contributed by atoms with E-state index in [1.165, 1.54) is 13.8 Å². The summed E-state index contributed by atoms with van der Waals surface area (Å²) >= 11 is 0. The highest BCUT2D eigenvalue weighted by molar-refractivity contribution is 7.59. The third-order valence-corrected chi connectivity index (χ3v) is 5.20. The van der Waals surface area contributed by atoms with Crippen LogP contribution in [0.15, 0.2) is 0 Å². The molecule has 142 valence electrons. The Hall–Kier alpha value is -0.950. The first-order chi connectivity index (χ1) is 11.3. The van der Waals surface area contributed by atoms with E-state index in [1.807, 2.05) is 13.8 Å². The molecule has 0 fully saturated rings. The highest BCUT2D eigenvalue weighted by Crippen LogP contribution is 2.36. The summed E-state index contributed by atoms with van der Waals surface area (Å²) in [4.78, 5) is 23.6. The second kappa shape index (κ2) is 12.4. The molecule has 0 aliphatic carbocycles. The van der Waals surface area contributed by atoms with Gasteiger partial charge in [-0.3, -0.25) is 14.2 Å². The smallest absolute Gasteiger partial charge is 0.323 e. The summed E-state index contributed by atoms with van der Waals surface area (Å²) in [6.07, 6.45) is 2.53. The predicted octanol–water partition coefficient (Wildman–Crippen LogP) is 1.77. The average Bonchev–Trinajstić information content (AvgIpc) is 2.54. The monoisotopic (exact) mass is 366 g/mol. The molecular formula is C15H31N2O6P. The molecule has 0 amide bonds. The fourth-order valence-electron chi connectivity index (χ4n) is 1.73. The van der Waals surface area contributed by atoms with Crippen LogP contribution in [-0.4, -0.2) is 48.7 Å². The highest BCUT2D eigenvalue weighted by Gasteiger charge is 2.31. The van der Waals surface area contributed by atoms with Crippen LogP contribution in [0.4, 0.5) is 0 Å². The Morgan fingerprint density at radius 3 is 1.62 bits per heavy atom. The number of aliphatic hydroxyl groups is 1. The molecule has 0 radical (unpaired) electrons. The van der Waals surface area contributed by atoms with Crippen molar-refractivity contribution in [1.82, 2.24) is 10.2 Å². The molecule has 0 aromatic carbocycles. The van der Waals surface area contributed by atoms with E-state index in [1.54, 1.807) is 0 Å². The van der Waals surface area contributed by atoms with Gasteiger partial charge in [-0.15, -0.1) is 0 Å². The van der Waals surface area contributed by atoms with E-state index < -0.39 is 37.8 Å². The molecule has 2 atom stereocenters. The number of hydrogen-bond donors (Lipinski definition) is 3. The largest absolute Gasteiger partial charge is 0.465 e. The Morgan fingerprint density at radius 2 is 1.33 bits per heavy atom. The van der Waals surface area contributed by atoms with E-state index in [4.69, 9.17) is 9.47 Å². The van der Waals surface area contributed by atoms with Crippen molar-refractivity contribution in [2.75, 3.05) is 19.6 Å². The van der Waals surface area contributed by atoms with E-state index in [0.717, 1.165) is 25.7 Å². The number of ether oxygens (including phenoxy) is 2. The van der Waals surface area contributed by atoms with Gasteiger partial charge in [-0.2, -0.15) is 0 Å². The Labute approximate surface area is 144 Å². The first-order valence-electron chi connectivity index (χ1n) is 8.38. The molecule has 0 heterocycles. The SMILES string of the molecule is CCCCOC(=O)[C@H](C)NP(=O)(CO)N[C@@H](C)C(=O)OCCCC. The zero-order chi connectivity index (χ0) is 18.6. The Kier molecular flexibility index (Phi) is 11.9.